The first-order chi connectivity index (χ1) is 8.81. The molecule has 3 nitrogen and oxygen atoms in total. The molecule has 1 heterocycles. The third-order valence-corrected chi connectivity index (χ3v) is 5.27. The van der Waals surface area contributed by atoms with Gasteiger partial charge in [0, 0.05) is 12.5 Å². The summed E-state index contributed by atoms with van der Waals surface area (Å²) in [7, 11) is 0. The van der Waals surface area contributed by atoms with Crippen LogP contribution in [0.2, 0.25) is 0 Å². The van der Waals surface area contributed by atoms with Gasteiger partial charge in [-0.3, -0.25) is 4.79 Å². The van der Waals surface area contributed by atoms with Crippen LogP contribution >= 0.6 is 0 Å². The molecular weight excluding hydrogens is 224 g/mol. The van der Waals surface area contributed by atoms with Crippen LogP contribution in [0.3, 0.4) is 0 Å². The Balaban J connectivity index is 1.44. The highest BCUT2D eigenvalue weighted by atomic mass is 16.1. The topological polar surface area (TPSA) is 41.1 Å². The summed E-state index contributed by atoms with van der Waals surface area (Å²) in [6.45, 7) is 2.16. The third kappa shape index (κ3) is 2.87. The highest BCUT2D eigenvalue weighted by Crippen LogP contribution is 2.49. The zero-order chi connectivity index (χ0) is 12.4. The average molecular weight is 250 g/mol. The number of hydrogen-bond donors (Lipinski definition) is 2. The summed E-state index contributed by atoms with van der Waals surface area (Å²) < 4.78 is 0. The van der Waals surface area contributed by atoms with Crippen molar-refractivity contribution in [3.63, 3.8) is 0 Å². The standard InChI is InChI=1S/C15H26N2O/c18-15(17-14-2-1-6-16-7-5-14)10-13-9-11-3-4-12(13)8-11/h11-14,16H,1-10H2,(H,17,18). The van der Waals surface area contributed by atoms with Gasteiger partial charge in [0.1, 0.15) is 0 Å². The zero-order valence-corrected chi connectivity index (χ0v) is 11.3. The monoisotopic (exact) mass is 250 g/mol. The summed E-state index contributed by atoms with van der Waals surface area (Å²) in [5, 5.41) is 6.66. The lowest BCUT2D eigenvalue weighted by molar-refractivity contribution is -0.123. The van der Waals surface area contributed by atoms with E-state index in [0.717, 1.165) is 44.2 Å². The molecule has 3 aliphatic rings. The average Bonchev–Trinajstić information content (AvgIpc) is 2.86. The van der Waals surface area contributed by atoms with Crippen LogP contribution in [-0.4, -0.2) is 25.0 Å². The van der Waals surface area contributed by atoms with Crippen molar-refractivity contribution in [2.45, 2.75) is 57.4 Å². The Kier molecular flexibility index (Phi) is 3.88. The Bertz CT molecular complexity index is 297. The molecule has 3 heteroatoms. The quantitative estimate of drug-likeness (QED) is 0.805. The zero-order valence-electron chi connectivity index (χ0n) is 11.3. The lowest BCUT2D eigenvalue weighted by Crippen LogP contribution is -2.36. The van der Waals surface area contributed by atoms with Crippen LogP contribution in [0.5, 0.6) is 0 Å². The molecule has 102 valence electrons. The first kappa shape index (κ1) is 12.5. The second-order valence-corrected chi connectivity index (χ2v) is 6.58. The second-order valence-electron chi connectivity index (χ2n) is 6.58. The van der Waals surface area contributed by atoms with E-state index in [2.05, 4.69) is 10.6 Å². The van der Waals surface area contributed by atoms with Crippen LogP contribution in [0.15, 0.2) is 0 Å². The molecule has 2 aliphatic carbocycles. The van der Waals surface area contributed by atoms with Gasteiger partial charge >= 0.3 is 0 Å². The van der Waals surface area contributed by atoms with Crippen LogP contribution in [-0.2, 0) is 4.79 Å². The molecule has 0 radical (unpaired) electrons. The predicted molar refractivity (Wildman–Crippen MR) is 72.2 cm³/mol. The van der Waals surface area contributed by atoms with Crippen LogP contribution in [0.25, 0.3) is 0 Å². The third-order valence-electron chi connectivity index (χ3n) is 5.27. The molecule has 1 aliphatic heterocycles. The fraction of sp³-hybridized carbons (Fsp3) is 0.933. The molecule has 2 N–H and O–H groups in total. The van der Waals surface area contributed by atoms with Crippen molar-refractivity contribution in [2.75, 3.05) is 13.1 Å². The summed E-state index contributed by atoms with van der Waals surface area (Å²) in [5.74, 6) is 2.85. The molecule has 4 atom stereocenters. The molecular formula is C15H26N2O. The van der Waals surface area contributed by atoms with Crippen molar-refractivity contribution in [2.24, 2.45) is 17.8 Å². The molecule has 18 heavy (non-hydrogen) atoms. The maximum Gasteiger partial charge on any atom is 0.220 e. The van der Waals surface area contributed by atoms with E-state index in [1.807, 2.05) is 0 Å². The first-order valence-electron chi connectivity index (χ1n) is 7.81. The van der Waals surface area contributed by atoms with E-state index in [1.54, 1.807) is 0 Å². The number of amides is 1. The number of fused-ring (bicyclic) bond motifs is 2. The SMILES string of the molecule is O=C(CC1CC2CCC1C2)NC1CCCNCC1. The number of rotatable bonds is 3. The van der Waals surface area contributed by atoms with Crippen LogP contribution in [0.1, 0.15) is 51.4 Å². The van der Waals surface area contributed by atoms with E-state index in [1.165, 1.54) is 32.1 Å². The van der Waals surface area contributed by atoms with Crippen LogP contribution in [0, 0.1) is 17.8 Å². The Labute approximate surface area is 110 Å². The highest BCUT2D eigenvalue weighted by molar-refractivity contribution is 5.76. The minimum atomic E-state index is 0.319. The molecule has 1 saturated heterocycles. The van der Waals surface area contributed by atoms with Crippen molar-refractivity contribution in [3.8, 4) is 0 Å². The molecule has 0 aromatic heterocycles. The molecule has 4 unspecified atom stereocenters. The molecule has 1 amide bonds. The van der Waals surface area contributed by atoms with Gasteiger partial charge in [0.25, 0.3) is 0 Å². The molecule has 3 rings (SSSR count). The fourth-order valence-corrected chi connectivity index (χ4v) is 4.31. The van der Waals surface area contributed by atoms with E-state index < -0.39 is 0 Å². The van der Waals surface area contributed by atoms with Gasteiger partial charge in [-0.15, -0.1) is 0 Å². The largest absolute Gasteiger partial charge is 0.353 e. The van der Waals surface area contributed by atoms with Gasteiger partial charge in [0.2, 0.25) is 5.91 Å². The lowest BCUT2D eigenvalue weighted by Gasteiger charge is -2.23. The van der Waals surface area contributed by atoms with Crippen LogP contribution < -0.4 is 10.6 Å². The minimum Gasteiger partial charge on any atom is -0.353 e. The van der Waals surface area contributed by atoms with Gasteiger partial charge in [-0.1, -0.05) is 6.42 Å². The van der Waals surface area contributed by atoms with Gasteiger partial charge in [-0.2, -0.15) is 0 Å². The van der Waals surface area contributed by atoms with Crippen LogP contribution in [0.4, 0.5) is 0 Å². The maximum atomic E-state index is 12.1. The lowest BCUT2D eigenvalue weighted by atomic mass is 9.86. The molecule has 2 bridgehead atoms. The summed E-state index contributed by atoms with van der Waals surface area (Å²) >= 11 is 0. The minimum absolute atomic E-state index is 0.319. The summed E-state index contributed by atoms with van der Waals surface area (Å²) in [6.07, 6.45) is 9.78. The number of carbonyl (C=O) groups excluding carboxylic acids is 1. The van der Waals surface area contributed by atoms with Crippen molar-refractivity contribution >= 4 is 5.91 Å². The van der Waals surface area contributed by atoms with Crippen molar-refractivity contribution in [1.29, 1.82) is 0 Å². The Morgan fingerprint density at radius 1 is 1.11 bits per heavy atom. The highest BCUT2D eigenvalue weighted by Gasteiger charge is 2.40. The van der Waals surface area contributed by atoms with Gasteiger partial charge in [-0.25, -0.2) is 0 Å². The van der Waals surface area contributed by atoms with E-state index in [4.69, 9.17) is 0 Å². The Morgan fingerprint density at radius 3 is 2.83 bits per heavy atom. The number of nitrogens with one attached hydrogen (secondary N) is 2. The molecule has 0 aromatic rings. The Hall–Kier alpha value is -0.570. The van der Waals surface area contributed by atoms with Gasteiger partial charge < -0.3 is 10.6 Å². The van der Waals surface area contributed by atoms with E-state index in [-0.39, 0.29) is 0 Å². The fourth-order valence-electron chi connectivity index (χ4n) is 4.31. The molecule has 3 fully saturated rings. The Morgan fingerprint density at radius 2 is 2.06 bits per heavy atom. The smallest absolute Gasteiger partial charge is 0.220 e. The van der Waals surface area contributed by atoms with E-state index >= 15 is 0 Å². The van der Waals surface area contributed by atoms with Crippen molar-refractivity contribution in [3.05, 3.63) is 0 Å². The van der Waals surface area contributed by atoms with Gasteiger partial charge in [-0.05, 0) is 69.4 Å². The van der Waals surface area contributed by atoms with Gasteiger partial charge in [0.05, 0.1) is 0 Å². The molecule has 0 aromatic carbocycles. The van der Waals surface area contributed by atoms with Crippen molar-refractivity contribution in [1.82, 2.24) is 10.6 Å². The number of carbonyl (C=O) groups is 1. The summed E-state index contributed by atoms with van der Waals surface area (Å²) in [4.78, 5) is 12.1. The predicted octanol–water partition coefficient (Wildman–Crippen LogP) is 2.07. The maximum absolute atomic E-state index is 12.1. The van der Waals surface area contributed by atoms with Crippen molar-refractivity contribution < 1.29 is 4.79 Å². The van der Waals surface area contributed by atoms with Gasteiger partial charge in [0.15, 0.2) is 0 Å². The number of hydrogen-bond acceptors (Lipinski definition) is 2. The first-order valence-corrected chi connectivity index (χ1v) is 7.81. The summed E-state index contributed by atoms with van der Waals surface area (Å²) in [6, 6.07) is 0.422. The normalized spacial score (nSPS) is 39.6. The second kappa shape index (κ2) is 5.60. The van der Waals surface area contributed by atoms with E-state index in [0.29, 0.717) is 17.9 Å². The van der Waals surface area contributed by atoms with E-state index in [9.17, 15) is 4.79 Å². The molecule has 2 saturated carbocycles. The molecule has 0 spiro atoms. The summed E-state index contributed by atoms with van der Waals surface area (Å²) in [5.41, 5.74) is 0.